The quantitative estimate of drug-likeness (QED) is 0.468. The van der Waals surface area contributed by atoms with E-state index in [1.807, 2.05) is 6.07 Å². The normalized spacial score (nSPS) is 11.3. The topological polar surface area (TPSA) is 93.2 Å². The molecule has 0 aliphatic heterocycles. The number of carbonyl (C=O) groups excluding carboxylic acids is 1. The van der Waals surface area contributed by atoms with E-state index in [-0.39, 0.29) is 17.7 Å². The largest absolute Gasteiger partial charge is 0.453 e. The van der Waals surface area contributed by atoms with Gasteiger partial charge in [-0.2, -0.15) is 5.26 Å². The Hall–Kier alpha value is -2.91. The van der Waals surface area contributed by atoms with E-state index in [1.165, 1.54) is 24.3 Å². The number of nitro groups is 1. The lowest BCUT2D eigenvalue weighted by atomic mass is 10.1. The molecule has 2 rings (SSSR count). The highest BCUT2D eigenvalue weighted by molar-refractivity contribution is 6.30. The van der Waals surface area contributed by atoms with Gasteiger partial charge in [0.25, 0.3) is 5.69 Å². The predicted octanol–water partition coefficient (Wildman–Crippen LogP) is 4.06. The molecule has 0 unspecified atom stereocenters. The van der Waals surface area contributed by atoms with Gasteiger partial charge in [0.1, 0.15) is 6.10 Å². The number of esters is 1. The molecule has 0 aromatic heterocycles. The third kappa shape index (κ3) is 4.28. The molecule has 0 aliphatic rings. The lowest BCUT2D eigenvalue weighted by molar-refractivity contribution is -0.384. The molecule has 0 N–H and O–H groups in total. The van der Waals surface area contributed by atoms with Crippen LogP contribution in [0.3, 0.4) is 0 Å². The van der Waals surface area contributed by atoms with E-state index < -0.39 is 17.0 Å². The Labute approximate surface area is 137 Å². The van der Waals surface area contributed by atoms with Gasteiger partial charge in [-0.3, -0.25) is 10.1 Å². The van der Waals surface area contributed by atoms with Crippen LogP contribution in [0.2, 0.25) is 5.02 Å². The van der Waals surface area contributed by atoms with Crippen molar-refractivity contribution in [3.05, 3.63) is 74.8 Å². The van der Waals surface area contributed by atoms with Crippen LogP contribution in [0.4, 0.5) is 5.69 Å². The first-order chi connectivity index (χ1) is 11.0. The number of nitro benzene ring substituents is 1. The summed E-state index contributed by atoms with van der Waals surface area (Å²) in [7, 11) is 0. The Morgan fingerprint density at radius 1 is 1.30 bits per heavy atom. The van der Waals surface area contributed by atoms with Crippen molar-refractivity contribution in [1.29, 1.82) is 5.26 Å². The second-order valence-electron chi connectivity index (χ2n) is 4.62. The number of halogens is 1. The molecule has 2 aromatic carbocycles. The van der Waals surface area contributed by atoms with Crippen molar-refractivity contribution >= 4 is 23.3 Å². The molecule has 23 heavy (non-hydrogen) atoms. The van der Waals surface area contributed by atoms with Crippen molar-refractivity contribution in [2.75, 3.05) is 0 Å². The molecule has 0 spiro atoms. The first-order valence-electron chi connectivity index (χ1n) is 6.59. The summed E-state index contributed by atoms with van der Waals surface area (Å²) >= 11 is 5.90. The molecule has 0 amide bonds. The van der Waals surface area contributed by atoms with Gasteiger partial charge < -0.3 is 4.74 Å². The fourth-order valence-electron chi connectivity index (χ4n) is 1.93. The number of ether oxygens (including phenoxy) is 1. The van der Waals surface area contributed by atoms with Crippen LogP contribution in [-0.4, -0.2) is 10.9 Å². The molecule has 0 fully saturated rings. The minimum atomic E-state index is -0.763. The molecule has 0 saturated heterocycles. The number of benzene rings is 2. The van der Waals surface area contributed by atoms with Gasteiger partial charge in [0.2, 0.25) is 0 Å². The van der Waals surface area contributed by atoms with E-state index in [4.69, 9.17) is 21.6 Å². The van der Waals surface area contributed by atoms with Crippen molar-refractivity contribution in [3.63, 3.8) is 0 Å². The highest BCUT2D eigenvalue weighted by Crippen LogP contribution is 2.25. The maximum atomic E-state index is 12.1. The van der Waals surface area contributed by atoms with Crippen molar-refractivity contribution in [3.8, 4) is 6.07 Å². The molecule has 116 valence electrons. The smallest absolute Gasteiger partial charge is 0.338 e. The Morgan fingerprint density at radius 2 is 2.00 bits per heavy atom. The van der Waals surface area contributed by atoms with Gasteiger partial charge in [-0.05, 0) is 29.8 Å². The standard InChI is InChI=1S/C16H11ClN2O4/c17-13-3-1-2-12(10-13)15(8-9-18)23-16(20)11-4-6-14(7-5-11)19(21)22/h1-7,10,15H,8H2/t15-/m0/s1. The summed E-state index contributed by atoms with van der Waals surface area (Å²) in [5.41, 5.74) is 0.653. The lowest BCUT2D eigenvalue weighted by Gasteiger charge is -2.15. The van der Waals surface area contributed by atoms with Gasteiger partial charge in [-0.1, -0.05) is 23.7 Å². The molecule has 0 bridgehead atoms. The monoisotopic (exact) mass is 330 g/mol. The summed E-state index contributed by atoms with van der Waals surface area (Å²) in [6.07, 6.45) is -0.791. The zero-order valence-corrected chi connectivity index (χ0v) is 12.6. The zero-order valence-electron chi connectivity index (χ0n) is 11.8. The van der Waals surface area contributed by atoms with Gasteiger partial charge in [-0.25, -0.2) is 4.79 Å². The first kappa shape index (κ1) is 16.5. The highest BCUT2D eigenvalue weighted by atomic mass is 35.5. The van der Waals surface area contributed by atoms with Gasteiger partial charge in [0, 0.05) is 17.2 Å². The van der Waals surface area contributed by atoms with E-state index in [0.717, 1.165) is 0 Å². The van der Waals surface area contributed by atoms with E-state index >= 15 is 0 Å². The molecule has 2 aromatic rings. The van der Waals surface area contributed by atoms with E-state index in [0.29, 0.717) is 10.6 Å². The average Bonchev–Trinajstić information content (AvgIpc) is 2.54. The minimum absolute atomic E-state index is 0.0287. The van der Waals surface area contributed by atoms with Crippen LogP contribution in [0, 0.1) is 21.4 Å². The zero-order chi connectivity index (χ0) is 16.8. The molecular formula is C16H11ClN2O4. The Bertz CT molecular complexity index is 768. The maximum absolute atomic E-state index is 12.1. The summed E-state index contributed by atoms with van der Waals surface area (Å²) in [6.45, 7) is 0. The van der Waals surface area contributed by atoms with E-state index in [1.54, 1.807) is 24.3 Å². The number of non-ortho nitro benzene ring substituents is 1. The van der Waals surface area contributed by atoms with Crippen molar-refractivity contribution in [2.24, 2.45) is 0 Å². The van der Waals surface area contributed by atoms with Crippen LogP contribution in [-0.2, 0) is 4.74 Å². The predicted molar refractivity (Wildman–Crippen MR) is 82.9 cm³/mol. The number of nitrogens with zero attached hydrogens (tertiary/aromatic N) is 2. The van der Waals surface area contributed by atoms with Gasteiger partial charge in [0.15, 0.2) is 0 Å². The lowest BCUT2D eigenvalue weighted by Crippen LogP contribution is -2.11. The second kappa shape index (κ2) is 7.38. The van der Waals surface area contributed by atoms with Crippen LogP contribution in [0.1, 0.15) is 28.4 Å². The summed E-state index contributed by atoms with van der Waals surface area (Å²) in [5, 5.41) is 20.0. The fourth-order valence-corrected chi connectivity index (χ4v) is 2.13. The molecule has 0 heterocycles. The van der Waals surface area contributed by atoms with Gasteiger partial charge in [0.05, 0.1) is 23.0 Å². The van der Waals surface area contributed by atoms with E-state index in [9.17, 15) is 14.9 Å². The fraction of sp³-hybridized carbons (Fsp3) is 0.125. The Balaban J connectivity index is 2.18. The van der Waals surface area contributed by atoms with Crippen LogP contribution >= 0.6 is 11.6 Å². The third-order valence-corrected chi connectivity index (χ3v) is 3.30. The van der Waals surface area contributed by atoms with Crippen LogP contribution in [0.15, 0.2) is 48.5 Å². The van der Waals surface area contributed by atoms with Crippen molar-refractivity contribution in [2.45, 2.75) is 12.5 Å². The number of carbonyl (C=O) groups is 1. The van der Waals surface area contributed by atoms with Crippen LogP contribution in [0.5, 0.6) is 0 Å². The van der Waals surface area contributed by atoms with E-state index in [2.05, 4.69) is 0 Å². The molecule has 7 heteroatoms. The molecular weight excluding hydrogens is 320 g/mol. The SMILES string of the molecule is N#CC[C@H](OC(=O)c1ccc([N+](=O)[O-])cc1)c1cccc(Cl)c1. The summed E-state index contributed by atoms with van der Waals surface area (Å²) in [4.78, 5) is 22.2. The molecule has 0 aliphatic carbocycles. The Kier molecular flexibility index (Phi) is 5.28. The van der Waals surface area contributed by atoms with Crippen molar-refractivity contribution < 1.29 is 14.5 Å². The molecule has 6 nitrogen and oxygen atoms in total. The summed E-state index contributed by atoms with van der Waals surface area (Å²) in [6, 6.07) is 13.7. The number of nitriles is 1. The second-order valence-corrected chi connectivity index (χ2v) is 5.05. The summed E-state index contributed by atoms with van der Waals surface area (Å²) in [5.74, 6) is -0.667. The molecule has 1 atom stereocenters. The number of rotatable bonds is 5. The number of hydrogen-bond donors (Lipinski definition) is 0. The van der Waals surface area contributed by atoms with Gasteiger partial charge in [-0.15, -0.1) is 0 Å². The number of hydrogen-bond acceptors (Lipinski definition) is 5. The Morgan fingerprint density at radius 3 is 2.57 bits per heavy atom. The maximum Gasteiger partial charge on any atom is 0.338 e. The summed E-state index contributed by atoms with van der Waals surface area (Å²) < 4.78 is 5.33. The highest BCUT2D eigenvalue weighted by Gasteiger charge is 2.19. The third-order valence-electron chi connectivity index (χ3n) is 3.06. The van der Waals surface area contributed by atoms with Crippen LogP contribution < -0.4 is 0 Å². The van der Waals surface area contributed by atoms with Crippen molar-refractivity contribution in [1.82, 2.24) is 0 Å². The molecule has 0 saturated carbocycles. The minimum Gasteiger partial charge on any atom is -0.453 e. The first-order valence-corrected chi connectivity index (χ1v) is 6.97. The van der Waals surface area contributed by atoms with Crippen LogP contribution in [0.25, 0.3) is 0 Å². The molecule has 0 radical (unpaired) electrons. The van der Waals surface area contributed by atoms with Gasteiger partial charge >= 0.3 is 5.97 Å². The average molecular weight is 331 g/mol.